The zero-order chi connectivity index (χ0) is 29.6. The third kappa shape index (κ3) is 8.41. The highest BCUT2D eigenvalue weighted by atomic mass is 32.3. The average molecular weight is 593 g/mol. The Kier molecular flexibility index (Phi) is 10.6. The molecule has 2 atom stereocenters. The minimum absolute atomic E-state index is 0.0492. The number of esters is 1. The zero-order valence-corrected chi connectivity index (χ0v) is 24.2. The fourth-order valence-electron chi connectivity index (χ4n) is 4.94. The van der Waals surface area contributed by atoms with Crippen molar-refractivity contribution in [2.24, 2.45) is 5.41 Å². The van der Waals surface area contributed by atoms with Crippen LogP contribution in [0.5, 0.6) is 0 Å². The van der Waals surface area contributed by atoms with Gasteiger partial charge in [-0.15, -0.1) is 4.28 Å². The minimum atomic E-state index is -4.70. The molecule has 40 heavy (non-hydrogen) atoms. The Morgan fingerprint density at radius 1 is 1.10 bits per heavy atom. The molecular formula is C24H40N4O11S. The summed E-state index contributed by atoms with van der Waals surface area (Å²) in [6.45, 7) is 6.65. The maximum atomic E-state index is 13.0. The standard InChI is InChI=1S/C24H40N4O11S/c1-5-35-20(30)24(11-7-6-8-12-24)16-37-40(33,34)39-28-17-9-10-18(27(15-17)22(28)32)19(29)26-36-14-13-25-21(31)38-23(2,3)4/h17-18H,5-16H2,1-4H3,(H,25,31)(H,26,29). The third-order valence-corrected chi connectivity index (χ3v) is 7.59. The summed E-state index contributed by atoms with van der Waals surface area (Å²) in [5, 5.41) is 3.18. The molecule has 16 heteroatoms. The quantitative estimate of drug-likeness (QED) is 0.191. The summed E-state index contributed by atoms with van der Waals surface area (Å²) in [7, 11) is -4.70. The van der Waals surface area contributed by atoms with Crippen LogP contribution in [0.15, 0.2) is 0 Å². The van der Waals surface area contributed by atoms with Crippen LogP contribution in [-0.2, 0) is 42.8 Å². The van der Waals surface area contributed by atoms with E-state index in [-0.39, 0.29) is 32.7 Å². The number of rotatable bonds is 12. The number of alkyl carbamates (subject to hydrolysis) is 1. The molecule has 2 aliphatic heterocycles. The van der Waals surface area contributed by atoms with Crippen molar-refractivity contribution in [2.75, 3.05) is 32.9 Å². The van der Waals surface area contributed by atoms with Gasteiger partial charge in [-0.05, 0) is 53.4 Å². The molecule has 1 saturated carbocycles. The molecule has 4 amide bonds. The van der Waals surface area contributed by atoms with E-state index < -0.39 is 64.1 Å². The molecular weight excluding hydrogens is 552 g/mol. The van der Waals surface area contributed by atoms with E-state index in [9.17, 15) is 27.6 Å². The fraction of sp³-hybridized carbons (Fsp3) is 0.833. The largest absolute Gasteiger partial charge is 0.465 e. The van der Waals surface area contributed by atoms with Crippen molar-refractivity contribution in [3.8, 4) is 0 Å². The molecule has 2 heterocycles. The van der Waals surface area contributed by atoms with Crippen LogP contribution in [0, 0.1) is 5.41 Å². The zero-order valence-electron chi connectivity index (χ0n) is 23.4. The predicted molar refractivity (Wildman–Crippen MR) is 137 cm³/mol. The van der Waals surface area contributed by atoms with E-state index in [0.717, 1.165) is 19.3 Å². The van der Waals surface area contributed by atoms with Gasteiger partial charge in [0.05, 0.1) is 31.3 Å². The number of urea groups is 1. The molecule has 15 nitrogen and oxygen atoms in total. The topological polar surface area (TPSA) is 179 Å². The van der Waals surface area contributed by atoms with Crippen molar-refractivity contribution in [2.45, 2.75) is 90.3 Å². The van der Waals surface area contributed by atoms with Crippen LogP contribution in [0.3, 0.4) is 0 Å². The van der Waals surface area contributed by atoms with Crippen molar-refractivity contribution in [3.63, 3.8) is 0 Å². The monoisotopic (exact) mass is 592 g/mol. The van der Waals surface area contributed by atoms with Gasteiger partial charge in [0, 0.05) is 13.1 Å². The molecule has 1 aliphatic carbocycles. The van der Waals surface area contributed by atoms with Crippen LogP contribution in [-0.4, -0.2) is 93.0 Å². The van der Waals surface area contributed by atoms with Gasteiger partial charge in [0.25, 0.3) is 5.91 Å². The van der Waals surface area contributed by atoms with Gasteiger partial charge in [0.2, 0.25) is 0 Å². The van der Waals surface area contributed by atoms with Crippen molar-refractivity contribution < 1.29 is 50.4 Å². The Bertz CT molecular complexity index is 1040. The molecule has 0 aromatic rings. The van der Waals surface area contributed by atoms with Gasteiger partial charge in [0.15, 0.2) is 0 Å². The fourth-order valence-corrected chi connectivity index (χ4v) is 5.73. The highest BCUT2D eigenvalue weighted by Crippen LogP contribution is 2.39. The molecule has 0 aromatic heterocycles. The number of amides is 4. The number of nitrogens with one attached hydrogen (secondary N) is 2. The lowest BCUT2D eigenvalue weighted by atomic mass is 9.75. The summed E-state index contributed by atoms with van der Waals surface area (Å²) in [5.41, 5.74) is 0.510. The summed E-state index contributed by atoms with van der Waals surface area (Å²) < 4.78 is 45.7. The first kappa shape index (κ1) is 31.8. The Morgan fingerprint density at radius 2 is 1.80 bits per heavy atom. The number of hydrogen-bond acceptors (Lipinski definition) is 11. The number of ether oxygens (including phenoxy) is 2. The first-order chi connectivity index (χ1) is 18.8. The lowest BCUT2D eigenvalue weighted by Crippen LogP contribution is -2.50. The van der Waals surface area contributed by atoms with Crippen LogP contribution < -0.4 is 10.8 Å². The number of fused-ring (bicyclic) bond motifs is 2. The Hall–Kier alpha value is -2.69. The van der Waals surface area contributed by atoms with Crippen LogP contribution in [0.2, 0.25) is 0 Å². The van der Waals surface area contributed by atoms with Gasteiger partial charge in [0.1, 0.15) is 11.6 Å². The second-order valence-corrected chi connectivity index (χ2v) is 12.3. The summed E-state index contributed by atoms with van der Waals surface area (Å²) >= 11 is 0. The number of piperidine rings is 1. The lowest BCUT2D eigenvalue weighted by molar-refractivity contribution is -0.160. The SMILES string of the molecule is CCOC(=O)C1(COS(=O)(=O)ON2C(=O)N3CC2CCC3C(=O)NOCCNC(=O)OC(C)(C)C)CCCCC1. The van der Waals surface area contributed by atoms with Crippen molar-refractivity contribution in [1.82, 2.24) is 20.8 Å². The highest BCUT2D eigenvalue weighted by molar-refractivity contribution is 7.81. The maximum absolute atomic E-state index is 13.0. The molecule has 0 spiro atoms. The molecule has 228 valence electrons. The van der Waals surface area contributed by atoms with E-state index in [4.69, 9.17) is 22.8 Å². The summed E-state index contributed by atoms with van der Waals surface area (Å²) in [5.74, 6) is -1.11. The molecule has 3 fully saturated rings. The number of hydrogen-bond donors (Lipinski definition) is 2. The van der Waals surface area contributed by atoms with E-state index >= 15 is 0 Å². The van der Waals surface area contributed by atoms with Crippen molar-refractivity contribution in [1.29, 1.82) is 0 Å². The first-order valence-corrected chi connectivity index (χ1v) is 14.8. The average Bonchev–Trinajstić information content (AvgIpc) is 3.11. The van der Waals surface area contributed by atoms with Gasteiger partial charge < -0.3 is 19.7 Å². The Balaban J connectivity index is 1.49. The first-order valence-electron chi connectivity index (χ1n) is 13.5. The summed E-state index contributed by atoms with van der Waals surface area (Å²) in [6.07, 6.45) is 3.16. The Labute approximate surface area is 234 Å². The van der Waals surface area contributed by atoms with Crippen LogP contribution in [0.1, 0.15) is 72.6 Å². The number of nitrogens with zero attached hydrogens (tertiary/aromatic N) is 2. The van der Waals surface area contributed by atoms with Crippen LogP contribution >= 0.6 is 0 Å². The number of hydroxylamine groups is 3. The van der Waals surface area contributed by atoms with Gasteiger partial charge >= 0.3 is 28.5 Å². The normalized spacial score (nSPS) is 22.6. The van der Waals surface area contributed by atoms with E-state index in [2.05, 4.69) is 10.8 Å². The Morgan fingerprint density at radius 3 is 2.45 bits per heavy atom. The minimum Gasteiger partial charge on any atom is -0.465 e. The lowest BCUT2D eigenvalue weighted by Gasteiger charge is -2.34. The molecule has 3 rings (SSSR count). The van der Waals surface area contributed by atoms with Crippen molar-refractivity contribution >= 4 is 34.4 Å². The van der Waals surface area contributed by atoms with Gasteiger partial charge in [-0.25, -0.2) is 19.3 Å². The molecule has 0 aromatic carbocycles. The molecule has 3 aliphatic rings. The maximum Gasteiger partial charge on any atom is 0.421 e. The van der Waals surface area contributed by atoms with Crippen LogP contribution in [0.25, 0.3) is 0 Å². The van der Waals surface area contributed by atoms with Gasteiger partial charge in [-0.3, -0.25) is 14.4 Å². The van der Waals surface area contributed by atoms with E-state index in [0.29, 0.717) is 24.3 Å². The van der Waals surface area contributed by atoms with Crippen LogP contribution in [0.4, 0.5) is 9.59 Å². The van der Waals surface area contributed by atoms with Gasteiger partial charge in [-0.2, -0.15) is 13.5 Å². The van der Waals surface area contributed by atoms with E-state index in [1.54, 1.807) is 27.7 Å². The number of carbonyl (C=O) groups is 4. The summed E-state index contributed by atoms with van der Waals surface area (Å²) in [4.78, 5) is 56.1. The molecule has 2 N–H and O–H groups in total. The molecule has 0 radical (unpaired) electrons. The molecule has 2 saturated heterocycles. The van der Waals surface area contributed by atoms with Crippen molar-refractivity contribution in [3.05, 3.63) is 0 Å². The molecule has 2 unspecified atom stereocenters. The smallest absolute Gasteiger partial charge is 0.421 e. The highest BCUT2D eigenvalue weighted by Gasteiger charge is 2.50. The summed E-state index contributed by atoms with van der Waals surface area (Å²) in [6, 6.07) is -2.32. The van der Waals surface area contributed by atoms with E-state index in [1.165, 1.54) is 4.90 Å². The second-order valence-electron chi connectivity index (χ2n) is 11.1. The molecule has 2 bridgehead atoms. The third-order valence-electron chi connectivity index (χ3n) is 6.84. The predicted octanol–water partition coefficient (Wildman–Crippen LogP) is 1.53. The number of carbonyl (C=O) groups excluding carboxylic acids is 4. The van der Waals surface area contributed by atoms with Gasteiger partial charge in [-0.1, -0.05) is 19.3 Å². The second kappa shape index (κ2) is 13.3. The van der Waals surface area contributed by atoms with E-state index in [1.807, 2.05) is 0 Å².